The Morgan fingerprint density at radius 2 is 1.74 bits per heavy atom. The highest BCUT2D eigenvalue weighted by molar-refractivity contribution is 7.92. The van der Waals surface area contributed by atoms with Gasteiger partial charge < -0.3 is 0 Å². The van der Waals surface area contributed by atoms with E-state index in [1.165, 1.54) is 42.5 Å². The molecule has 7 heteroatoms. The summed E-state index contributed by atoms with van der Waals surface area (Å²) in [5.74, 6) is -2.43. The molecule has 0 radical (unpaired) electrons. The van der Waals surface area contributed by atoms with Crippen molar-refractivity contribution in [2.75, 3.05) is 11.0 Å². The molecule has 4 nitrogen and oxygen atoms in total. The van der Waals surface area contributed by atoms with Crippen molar-refractivity contribution in [3.8, 4) is 0 Å². The summed E-state index contributed by atoms with van der Waals surface area (Å²) < 4.78 is 51.0. The molecule has 2 aromatic rings. The van der Waals surface area contributed by atoms with Crippen LogP contribution in [-0.2, 0) is 10.0 Å². The molecule has 0 atom stereocenters. The molecule has 0 aliphatic rings. The maximum atomic E-state index is 13.5. The highest BCUT2D eigenvalue weighted by Gasteiger charge is 2.07. The molecule has 0 aliphatic carbocycles. The van der Waals surface area contributed by atoms with Crippen molar-refractivity contribution in [2.45, 2.75) is 0 Å². The molecule has 0 spiro atoms. The second-order valence-electron chi connectivity index (χ2n) is 4.79. The first-order valence-electron chi connectivity index (χ1n) is 6.50. The molecule has 1 N–H and O–H groups in total. The van der Waals surface area contributed by atoms with E-state index in [0.717, 1.165) is 18.4 Å². The Labute approximate surface area is 132 Å². The second-order valence-corrected chi connectivity index (χ2v) is 6.54. The van der Waals surface area contributed by atoms with Gasteiger partial charge in [0.25, 0.3) is 0 Å². The maximum Gasteiger partial charge on any atom is 0.229 e. The average Bonchev–Trinajstić information content (AvgIpc) is 2.47. The quantitative estimate of drug-likeness (QED) is 0.673. The molecule has 120 valence electrons. The molecule has 0 bridgehead atoms. The molecular formula is C16H13F2NO3S. The van der Waals surface area contributed by atoms with Crippen LogP contribution in [-0.4, -0.2) is 20.5 Å². The lowest BCUT2D eigenvalue weighted by Gasteiger charge is -2.04. The minimum absolute atomic E-state index is 0.0336. The van der Waals surface area contributed by atoms with Gasteiger partial charge in [-0.1, -0.05) is 12.1 Å². The van der Waals surface area contributed by atoms with E-state index in [-0.39, 0.29) is 11.1 Å². The lowest BCUT2D eigenvalue weighted by atomic mass is 10.1. The maximum absolute atomic E-state index is 13.5. The molecule has 0 saturated heterocycles. The minimum Gasteiger partial charge on any atom is -0.289 e. The molecule has 0 amide bonds. The molecule has 0 saturated carbocycles. The molecule has 0 fully saturated rings. The summed E-state index contributed by atoms with van der Waals surface area (Å²) in [5.41, 5.74) is 0.579. The van der Waals surface area contributed by atoms with E-state index < -0.39 is 27.4 Å². The fourth-order valence-corrected chi connectivity index (χ4v) is 2.39. The Balaban J connectivity index is 2.14. The van der Waals surface area contributed by atoms with E-state index in [2.05, 4.69) is 4.72 Å². The summed E-state index contributed by atoms with van der Waals surface area (Å²) in [6.07, 6.45) is 3.32. The highest BCUT2D eigenvalue weighted by atomic mass is 32.2. The van der Waals surface area contributed by atoms with Crippen molar-refractivity contribution in [1.29, 1.82) is 0 Å². The van der Waals surface area contributed by atoms with Crippen molar-refractivity contribution in [1.82, 2.24) is 0 Å². The number of nitrogens with one attached hydrogen (secondary N) is 1. The Bertz CT molecular complexity index is 859. The van der Waals surface area contributed by atoms with Gasteiger partial charge in [-0.15, -0.1) is 0 Å². The van der Waals surface area contributed by atoms with Crippen LogP contribution in [0, 0.1) is 11.6 Å². The summed E-state index contributed by atoms with van der Waals surface area (Å²) in [6.45, 7) is 0. The van der Waals surface area contributed by atoms with Crippen molar-refractivity contribution in [2.24, 2.45) is 0 Å². The standard InChI is InChI=1S/C16H13F2NO3S/c1-23(21,22)19-13-8-5-11(6-9-13)15(20)10-7-12-3-2-4-14(17)16(12)18/h2-10,19H,1H3. The predicted molar refractivity (Wildman–Crippen MR) is 84.6 cm³/mol. The third kappa shape index (κ3) is 4.72. The van der Waals surface area contributed by atoms with Gasteiger partial charge in [0.1, 0.15) is 0 Å². The van der Waals surface area contributed by atoms with Crippen LogP contribution in [0.25, 0.3) is 6.08 Å². The molecule has 2 aromatic carbocycles. The Morgan fingerprint density at radius 1 is 1.09 bits per heavy atom. The average molecular weight is 337 g/mol. The van der Waals surface area contributed by atoms with Gasteiger partial charge >= 0.3 is 0 Å². The molecule has 0 unspecified atom stereocenters. The van der Waals surface area contributed by atoms with Crippen LogP contribution in [0.1, 0.15) is 15.9 Å². The van der Waals surface area contributed by atoms with Crippen molar-refractivity contribution >= 4 is 27.6 Å². The number of anilines is 1. The fourth-order valence-electron chi connectivity index (χ4n) is 1.83. The summed E-state index contributed by atoms with van der Waals surface area (Å²) >= 11 is 0. The van der Waals surface area contributed by atoms with Crippen LogP contribution in [0.5, 0.6) is 0 Å². The van der Waals surface area contributed by atoms with Gasteiger partial charge in [-0.2, -0.15) is 0 Å². The van der Waals surface area contributed by atoms with Gasteiger partial charge in [-0.05, 0) is 42.5 Å². The smallest absolute Gasteiger partial charge is 0.229 e. The third-order valence-corrected chi connectivity index (χ3v) is 3.47. The summed E-state index contributed by atoms with van der Waals surface area (Å²) in [5, 5.41) is 0. The number of carbonyl (C=O) groups is 1. The summed E-state index contributed by atoms with van der Waals surface area (Å²) in [6, 6.07) is 9.41. The number of sulfonamides is 1. The van der Waals surface area contributed by atoms with E-state index in [1.807, 2.05) is 0 Å². The van der Waals surface area contributed by atoms with Crippen LogP contribution >= 0.6 is 0 Å². The molecule has 2 rings (SSSR count). The van der Waals surface area contributed by atoms with Gasteiger partial charge in [-0.25, -0.2) is 17.2 Å². The van der Waals surface area contributed by atoms with Crippen LogP contribution in [0.2, 0.25) is 0 Å². The van der Waals surface area contributed by atoms with Crippen LogP contribution < -0.4 is 4.72 Å². The Kier molecular flexibility index (Phi) is 4.90. The molecular weight excluding hydrogens is 324 g/mol. The SMILES string of the molecule is CS(=O)(=O)Nc1ccc(C(=O)C=Cc2cccc(F)c2F)cc1. The number of hydrogen-bond acceptors (Lipinski definition) is 3. The first-order chi connectivity index (χ1) is 10.8. The number of rotatable bonds is 5. The van der Waals surface area contributed by atoms with E-state index in [4.69, 9.17) is 0 Å². The van der Waals surface area contributed by atoms with Crippen LogP contribution in [0.15, 0.2) is 48.5 Å². The summed E-state index contributed by atoms with van der Waals surface area (Å²) in [7, 11) is -3.39. The van der Waals surface area contributed by atoms with Crippen molar-refractivity contribution < 1.29 is 22.0 Å². The largest absolute Gasteiger partial charge is 0.289 e. The molecule has 0 aromatic heterocycles. The monoisotopic (exact) mass is 337 g/mol. The first-order valence-corrected chi connectivity index (χ1v) is 8.40. The number of allylic oxidation sites excluding steroid dienone is 1. The second kappa shape index (κ2) is 6.70. The highest BCUT2D eigenvalue weighted by Crippen LogP contribution is 2.15. The van der Waals surface area contributed by atoms with E-state index >= 15 is 0 Å². The van der Waals surface area contributed by atoms with E-state index in [9.17, 15) is 22.0 Å². The lowest BCUT2D eigenvalue weighted by molar-refractivity contribution is 0.104. The number of ketones is 1. The fraction of sp³-hybridized carbons (Fsp3) is 0.0625. The zero-order valence-electron chi connectivity index (χ0n) is 12.1. The number of halogens is 2. The predicted octanol–water partition coefficient (Wildman–Crippen LogP) is 3.23. The lowest BCUT2D eigenvalue weighted by Crippen LogP contribution is -2.09. The number of carbonyl (C=O) groups excluding carboxylic acids is 1. The zero-order valence-corrected chi connectivity index (χ0v) is 12.9. The van der Waals surface area contributed by atoms with Gasteiger partial charge in [0.2, 0.25) is 10.0 Å². The molecule has 23 heavy (non-hydrogen) atoms. The van der Waals surface area contributed by atoms with E-state index in [1.54, 1.807) is 0 Å². The van der Waals surface area contributed by atoms with Crippen molar-refractivity contribution in [3.05, 3.63) is 71.3 Å². The topological polar surface area (TPSA) is 63.2 Å². The van der Waals surface area contributed by atoms with Crippen molar-refractivity contribution in [3.63, 3.8) is 0 Å². The van der Waals surface area contributed by atoms with Crippen LogP contribution in [0.4, 0.5) is 14.5 Å². The molecule has 0 heterocycles. The zero-order chi connectivity index (χ0) is 17.0. The minimum atomic E-state index is -3.39. The van der Waals surface area contributed by atoms with Gasteiger partial charge in [-0.3, -0.25) is 9.52 Å². The number of benzene rings is 2. The summed E-state index contributed by atoms with van der Waals surface area (Å²) in [4.78, 5) is 12.0. The number of hydrogen-bond donors (Lipinski definition) is 1. The van der Waals surface area contributed by atoms with Gasteiger partial charge in [0, 0.05) is 16.8 Å². The normalized spacial score (nSPS) is 11.6. The van der Waals surface area contributed by atoms with E-state index in [0.29, 0.717) is 5.69 Å². The Hall–Kier alpha value is -2.54. The van der Waals surface area contributed by atoms with Gasteiger partial charge in [0.15, 0.2) is 17.4 Å². The van der Waals surface area contributed by atoms with Crippen LogP contribution in [0.3, 0.4) is 0 Å². The van der Waals surface area contributed by atoms with Gasteiger partial charge in [0.05, 0.1) is 6.26 Å². The molecule has 0 aliphatic heterocycles. The first kappa shape index (κ1) is 16.8. The third-order valence-electron chi connectivity index (χ3n) is 2.87. The Morgan fingerprint density at radius 3 is 2.35 bits per heavy atom.